The van der Waals surface area contributed by atoms with Gasteiger partial charge in [-0.15, -0.1) is 0 Å². The zero-order valence-corrected chi connectivity index (χ0v) is 6.82. The van der Waals surface area contributed by atoms with Crippen molar-refractivity contribution in [1.29, 1.82) is 0 Å². The lowest BCUT2D eigenvalue weighted by Crippen LogP contribution is -1.93. The van der Waals surface area contributed by atoms with Crippen LogP contribution in [0.25, 0.3) is 0 Å². The van der Waals surface area contributed by atoms with Crippen LogP contribution in [-0.2, 0) is 17.9 Å². The number of nitrogens with zero attached hydrogens (tertiary/aromatic N) is 1. The third-order valence-electron chi connectivity index (χ3n) is 2.00. The maximum absolute atomic E-state index is 11.0. The highest BCUT2D eigenvalue weighted by molar-refractivity contribution is 5.93. The Bertz CT molecular complexity index is 373. The van der Waals surface area contributed by atoms with Crippen LogP contribution < -0.4 is 0 Å². The third-order valence-corrected chi connectivity index (χ3v) is 2.00. The van der Waals surface area contributed by atoms with Gasteiger partial charge in [-0.1, -0.05) is 11.2 Å². The smallest absolute Gasteiger partial charge is 0.338 e. The van der Waals surface area contributed by atoms with Gasteiger partial charge in [0.15, 0.2) is 0 Å². The molecule has 1 heterocycles. The van der Waals surface area contributed by atoms with E-state index in [1.807, 2.05) is 0 Å². The Morgan fingerprint density at radius 3 is 3.08 bits per heavy atom. The third kappa shape index (κ3) is 1.30. The number of esters is 1. The van der Waals surface area contributed by atoms with Crippen LogP contribution in [0.1, 0.15) is 21.5 Å². The summed E-state index contributed by atoms with van der Waals surface area (Å²) in [6.45, 7) is 0.447. The van der Waals surface area contributed by atoms with Gasteiger partial charge in [-0.05, 0) is 17.7 Å². The molecule has 0 bridgehead atoms. The molecule has 1 aliphatic rings. The molecule has 0 atom stereocenters. The van der Waals surface area contributed by atoms with E-state index in [2.05, 4.69) is 5.18 Å². The summed E-state index contributed by atoms with van der Waals surface area (Å²) in [5, 5.41) is 2.77. The number of carbonyl (C=O) groups excluding carboxylic acids is 1. The van der Waals surface area contributed by atoms with Gasteiger partial charge in [-0.25, -0.2) is 4.79 Å². The van der Waals surface area contributed by atoms with Crippen molar-refractivity contribution in [2.24, 2.45) is 5.18 Å². The maximum atomic E-state index is 11.0. The molecule has 1 aromatic carbocycles. The molecule has 4 nitrogen and oxygen atoms in total. The first-order valence-corrected chi connectivity index (χ1v) is 3.89. The van der Waals surface area contributed by atoms with Crippen LogP contribution in [0.2, 0.25) is 0 Å². The van der Waals surface area contributed by atoms with Gasteiger partial charge in [-0.3, -0.25) is 0 Å². The van der Waals surface area contributed by atoms with Crippen molar-refractivity contribution in [3.8, 4) is 0 Å². The van der Waals surface area contributed by atoms with Gasteiger partial charge in [0.2, 0.25) is 0 Å². The lowest BCUT2D eigenvalue weighted by atomic mass is 10.1. The fraction of sp³-hybridized carbons (Fsp3) is 0.222. The fourth-order valence-electron chi connectivity index (χ4n) is 1.36. The Morgan fingerprint density at radius 2 is 2.31 bits per heavy atom. The van der Waals surface area contributed by atoms with Crippen LogP contribution in [0.4, 0.5) is 0 Å². The summed E-state index contributed by atoms with van der Waals surface area (Å²) in [6, 6.07) is 5.17. The van der Waals surface area contributed by atoms with E-state index in [0.717, 1.165) is 11.1 Å². The number of hydrogen-bond donors (Lipinski definition) is 0. The van der Waals surface area contributed by atoms with Crippen molar-refractivity contribution in [1.82, 2.24) is 0 Å². The molecule has 4 heteroatoms. The average Bonchev–Trinajstić information content (AvgIpc) is 2.48. The minimum Gasteiger partial charge on any atom is -0.457 e. The van der Waals surface area contributed by atoms with Gasteiger partial charge >= 0.3 is 5.97 Å². The number of ether oxygens (including phenoxy) is 1. The van der Waals surface area contributed by atoms with E-state index >= 15 is 0 Å². The van der Waals surface area contributed by atoms with Crippen LogP contribution in [-0.4, -0.2) is 5.97 Å². The molecule has 66 valence electrons. The van der Waals surface area contributed by atoms with E-state index in [0.29, 0.717) is 12.2 Å². The van der Waals surface area contributed by atoms with Crippen LogP contribution in [0.15, 0.2) is 23.4 Å². The van der Waals surface area contributed by atoms with Gasteiger partial charge in [0.1, 0.15) is 13.2 Å². The van der Waals surface area contributed by atoms with Gasteiger partial charge in [0.25, 0.3) is 0 Å². The number of benzene rings is 1. The van der Waals surface area contributed by atoms with Crippen LogP contribution in [0, 0.1) is 4.91 Å². The molecule has 0 saturated heterocycles. The zero-order valence-electron chi connectivity index (χ0n) is 6.82. The quantitative estimate of drug-likeness (QED) is 0.509. The number of rotatable bonds is 2. The normalized spacial score (nSPS) is 13.7. The van der Waals surface area contributed by atoms with Gasteiger partial charge in [-0.2, -0.15) is 4.91 Å². The molecule has 0 saturated carbocycles. The van der Waals surface area contributed by atoms with Crippen LogP contribution in [0.3, 0.4) is 0 Å². The highest BCUT2D eigenvalue weighted by Crippen LogP contribution is 2.21. The Kier molecular flexibility index (Phi) is 1.81. The predicted molar refractivity (Wildman–Crippen MR) is 45.1 cm³/mol. The molecule has 0 fully saturated rings. The van der Waals surface area contributed by atoms with Gasteiger partial charge < -0.3 is 4.74 Å². The predicted octanol–water partition coefficient (Wildman–Crippen LogP) is 1.62. The van der Waals surface area contributed by atoms with E-state index in [4.69, 9.17) is 4.74 Å². The van der Waals surface area contributed by atoms with E-state index < -0.39 is 0 Å². The Labute approximate surface area is 74.5 Å². The van der Waals surface area contributed by atoms with Crippen molar-refractivity contribution in [2.45, 2.75) is 13.2 Å². The van der Waals surface area contributed by atoms with E-state index in [-0.39, 0.29) is 12.5 Å². The summed E-state index contributed by atoms with van der Waals surface area (Å²) in [6.07, 6.45) is 0. The number of nitroso groups, excluding NO2 is 1. The summed E-state index contributed by atoms with van der Waals surface area (Å²) in [7, 11) is 0. The second-order valence-corrected chi connectivity index (χ2v) is 2.85. The molecule has 0 amide bonds. The fourth-order valence-corrected chi connectivity index (χ4v) is 1.36. The maximum Gasteiger partial charge on any atom is 0.338 e. The van der Waals surface area contributed by atoms with E-state index in [1.165, 1.54) is 0 Å². The molecule has 0 radical (unpaired) electrons. The second kappa shape index (κ2) is 2.97. The molecule has 0 aliphatic carbocycles. The SMILES string of the molecule is O=NCc1ccc2c(c1)COC2=O. The first-order valence-electron chi connectivity index (χ1n) is 3.89. The molecule has 0 N–H and O–H groups in total. The minimum absolute atomic E-state index is 0.140. The van der Waals surface area contributed by atoms with Crippen molar-refractivity contribution < 1.29 is 9.53 Å². The Hall–Kier alpha value is -1.71. The first-order chi connectivity index (χ1) is 6.31. The number of cyclic esters (lactones) is 1. The first kappa shape index (κ1) is 7.91. The Morgan fingerprint density at radius 1 is 1.46 bits per heavy atom. The van der Waals surface area contributed by atoms with Crippen LogP contribution >= 0.6 is 0 Å². The minimum atomic E-state index is -0.291. The van der Waals surface area contributed by atoms with Crippen molar-refractivity contribution in [2.75, 3.05) is 0 Å². The summed E-state index contributed by atoms with van der Waals surface area (Å²) < 4.78 is 4.81. The molecule has 1 aliphatic heterocycles. The van der Waals surface area contributed by atoms with Crippen LogP contribution in [0.5, 0.6) is 0 Å². The molecule has 0 unspecified atom stereocenters. The number of carbonyl (C=O) groups is 1. The monoisotopic (exact) mass is 177 g/mol. The van der Waals surface area contributed by atoms with Gasteiger partial charge in [0.05, 0.1) is 5.56 Å². The average molecular weight is 177 g/mol. The molecule has 13 heavy (non-hydrogen) atoms. The van der Waals surface area contributed by atoms with Crippen molar-refractivity contribution in [3.05, 3.63) is 39.8 Å². The van der Waals surface area contributed by atoms with E-state index in [9.17, 15) is 9.70 Å². The summed E-state index contributed by atoms with van der Waals surface area (Å²) in [4.78, 5) is 21.0. The topological polar surface area (TPSA) is 55.7 Å². The van der Waals surface area contributed by atoms with Gasteiger partial charge in [0, 0.05) is 5.56 Å². The molecule has 0 spiro atoms. The molecule has 2 rings (SSSR count). The zero-order chi connectivity index (χ0) is 9.26. The summed E-state index contributed by atoms with van der Waals surface area (Å²) in [5.74, 6) is -0.291. The largest absolute Gasteiger partial charge is 0.457 e. The summed E-state index contributed by atoms with van der Waals surface area (Å²) in [5.41, 5.74) is 2.24. The molecule has 1 aromatic rings. The standard InChI is InChI=1S/C9H7NO3/c11-9-8-2-1-6(4-10-12)3-7(8)5-13-9/h1-3H,4-5H2. The molecule has 0 aromatic heterocycles. The number of hydrogen-bond acceptors (Lipinski definition) is 4. The van der Waals surface area contributed by atoms with E-state index in [1.54, 1.807) is 18.2 Å². The summed E-state index contributed by atoms with van der Waals surface area (Å²) >= 11 is 0. The lowest BCUT2D eigenvalue weighted by Gasteiger charge is -1.96. The lowest BCUT2D eigenvalue weighted by molar-refractivity contribution is 0.0535. The van der Waals surface area contributed by atoms with Crippen molar-refractivity contribution >= 4 is 5.97 Å². The molecular weight excluding hydrogens is 170 g/mol. The molecular formula is C9H7NO3. The van der Waals surface area contributed by atoms with Crippen molar-refractivity contribution in [3.63, 3.8) is 0 Å². The highest BCUT2D eigenvalue weighted by atomic mass is 16.5. The Balaban J connectivity index is 2.39. The highest BCUT2D eigenvalue weighted by Gasteiger charge is 2.20. The number of fused-ring (bicyclic) bond motifs is 1. The second-order valence-electron chi connectivity index (χ2n) is 2.85.